The number of imidazole rings is 1. The van der Waals surface area contributed by atoms with Crippen LogP contribution < -0.4 is 4.90 Å². The third-order valence-corrected chi connectivity index (χ3v) is 5.48. The summed E-state index contributed by atoms with van der Waals surface area (Å²) in [6, 6.07) is 13.3. The van der Waals surface area contributed by atoms with Crippen molar-refractivity contribution in [3.05, 3.63) is 60.2 Å². The fourth-order valence-corrected chi connectivity index (χ4v) is 4.15. The molecule has 1 aliphatic heterocycles. The second kappa shape index (κ2) is 6.92. The van der Waals surface area contributed by atoms with E-state index >= 15 is 0 Å². The molecule has 0 unspecified atom stereocenters. The molecule has 3 aromatic rings. The summed E-state index contributed by atoms with van der Waals surface area (Å²) in [4.78, 5) is 33.6. The number of aromatic nitrogens is 2. The first kappa shape index (κ1) is 16.8. The number of H-pyrrole nitrogens is 1. The van der Waals surface area contributed by atoms with Crippen LogP contribution in [0.2, 0.25) is 0 Å². The van der Waals surface area contributed by atoms with Crippen LogP contribution in [0, 0.1) is 5.82 Å². The van der Waals surface area contributed by atoms with Gasteiger partial charge in [0.25, 0.3) is 0 Å². The third-order valence-electron chi connectivity index (χ3n) is 4.27. The number of para-hydroxylation sites is 2. The second-order valence-corrected chi connectivity index (χ2v) is 7.37. The number of thioether (sulfide) groups is 1. The van der Waals surface area contributed by atoms with Crippen molar-refractivity contribution in [1.29, 1.82) is 0 Å². The number of hydrogen-bond donors (Lipinski definition) is 1. The maximum atomic E-state index is 13.4. The predicted octanol–water partition coefficient (Wildman–Crippen LogP) is 3.31. The Hall–Kier alpha value is -2.67. The SMILES string of the molecule is O=C1C[C@@H](SCCc2nc3ccccc3[nH]2)C(=O)N1c1cccc(F)c1. The minimum Gasteiger partial charge on any atom is -0.342 e. The van der Waals surface area contributed by atoms with Gasteiger partial charge >= 0.3 is 0 Å². The van der Waals surface area contributed by atoms with E-state index in [0.717, 1.165) is 21.8 Å². The molecular weight excluding hydrogens is 353 g/mol. The van der Waals surface area contributed by atoms with Gasteiger partial charge in [0.05, 0.1) is 22.0 Å². The van der Waals surface area contributed by atoms with Gasteiger partial charge in [0, 0.05) is 18.6 Å². The van der Waals surface area contributed by atoms with Gasteiger partial charge in [-0.15, -0.1) is 11.8 Å². The normalized spacial score (nSPS) is 17.4. The zero-order valence-electron chi connectivity index (χ0n) is 13.8. The average molecular weight is 369 g/mol. The van der Waals surface area contributed by atoms with Gasteiger partial charge in [0.1, 0.15) is 11.6 Å². The van der Waals surface area contributed by atoms with Crippen LogP contribution in [0.4, 0.5) is 10.1 Å². The van der Waals surface area contributed by atoms with Gasteiger partial charge in [0.15, 0.2) is 0 Å². The van der Waals surface area contributed by atoms with Gasteiger partial charge in [-0.3, -0.25) is 9.59 Å². The van der Waals surface area contributed by atoms with Crippen LogP contribution in [-0.4, -0.2) is 32.8 Å². The first-order valence-corrected chi connectivity index (χ1v) is 9.34. The number of rotatable bonds is 5. The van der Waals surface area contributed by atoms with E-state index in [2.05, 4.69) is 9.97 Å². The molecule has 4 rings (SSSR count). The number of aryl methyl sites for hydroxylation is 1. The first-order valence-electron chi connectivity index (χ1n) is 8.29. The van der Waals surface area contributed by atoms with Crippen molar-refractivity contribution in [1.82, 2.24) is 9.97 Å². The fraction of sp³-hybridized carbons (Fsp3) is 0.211. The monoisotopic (exact) mass is 369 g/mol. The number of carbonyl (C=O) groups is 2. The van der Waals surface area contributed by atoms with Gasteiger partial charge in [-0.1, -0.05) is 18.2 Å². The highest BCUT2D eigenvalue weighted by molar-refractivity contribution is 8.00. The quantitative estimate of drug-likeness (QED) is 0.701. The molecule has 0 radical (unpaired) electrons. The lowest BCUT2D eigenvalue weighted by Gasteiger charge is -2.14. The number of anilines is 1. The standard InChI is InChI=1S/C19H16FN3O2S/c20-12-4-3-5-13(10-12)23-18(24)11-16(19(23)25)26-9-8-17-21-14-6-1-2-7-15(14)22-17/h1-7,10,16H,8-9,11H2,(H,21,22)/t16-/m1/s1. The van der Waals surface area contributed by atoms with Crippen LogP contribution in [-0.2, 0) is 16.0 Å². The Morgan fingerprint density at radius 1 is 1.19 bits per heavy atom. The predicted molar refractivity (Wildman–Crippen MR) is 99.6 cm³/mol. The summed E-state index contributed by atoms with van der Waals surface area (Å²) in [6.07, 6.45) is 0.817. The number of imide groups is 1. The third kappa shape index (κ3) is 3.22. The Morgan fingerprint density at radius 2 is 2.04 bits per heavy atom. The number of nitrogens with zero attached hydrogens (tertiary/aromatic N) is 2. The molecule has 26 heavy (non-hydrogen) atoms. The molecule has 1 aromatic heterocycles. The number of carbonyl (C=O) groups excluding carboxylic acids is 2. The number of nitrogens with one attached hydrogen (secondary N) is 1. The molecule has 1 atom stereocenters. The largest absolute Gasteiger partial charge is 0.342 e. The van der Waals surface area contributed by atoms with Crippen molar-refractivity contribution in [3.63, 3.8) is 0 Å². The number of aromatic amines is 1. The van der Waals surface area contributed by atoms with E-state index < -0.39 is 11.1 Å². The molecule has 0 spiro atoms. The molecule has 0 aliphatic carbocycles. The minimum atomic E-state index is -0.468. The molecule has 1 aliphatic rings. The van der Waals surface area contributed by atoms with Crippen molar-refractivity contribution < 1.29 is 14.0 Å². The average Bonchev–Trinajstić information content (AvgIpc) is 3.15. The Bertz CT molecular complexity index is 955. The summed E-state index contributed by atoms with van der Waals surface area (Å²) in [5.74, 6) is 0.485. The molecular formula is C19H16FN3O2S. The number of fused-ring (bicyclic) bond motifs is 1. The first-order chi connectivity index (χ1) is 12.6. The molecule has 7 heteroatoms. The van der Waals surface area contributed by atoms with E-state index in [-0.39, 0.29) is 18.2 Å². The van der Waals surface area contributed by atoms with Crippen molar-refractivity contribution in [3.8, 4) is 0 Å². The summed E-state index contributed by atoms with van der Waals surface area (Å²) in [5, 5.41) is -0.435. The summed E-state index contributed by atoms with van der Waals surface area (Å²) in [7, 11) is 0. The Balaban J connectivity index is 1.39. The van der Waals surface area contributed by atoms with Crippen LogP contribution in [0.3, 0.4) is 0 Å². The fourth-order valence-electron chi connectivity index (χ4n) is 3.04. The van der Waals surface area contributed by atoms with E-state index in [0.29, 0.717) is 17.9 Å². The van der Waals surface area contributed by atoms with E-state index in [4.69, 9.17) is 0 Å². The minimum absolute atomic E-state index is 0.139. The van der Waals surface area contributed by atoms with E-state index in [1.54, 1.807) is 6.07 Å². The maximum absolute atomic E-state index is 13.4. The van der Waals surface area contributed by atoms with Crippen LogP contribution >= 0.6 is 11.8 Å². The number of amides is 2. The van der Waals surface area contributed by atoms with Crippen LogP contribution in [0.1, 0.15) is 12.2 Å². The maximum Gasteiger partial charge on any atom is 0.247 e. The topological polar surface area (TPSA) is 66.1 Å². The van der Waals surface area contributed by atoms with Crippen molar-refractivity contribution in [2.45, 2.75) is 18.1 Å². The zero-order valence-corrected chi connectivity index (χ0v) is 14.6. The van der Waals surface area contributed by atoms with Crippen molar-refractivity contribution >= 4 is 40.3 Å². The molecule has 1 N–H and O–H groups in total. The highest BCUT2D eigenvalue weighted by Gasteiger charge is 2.39. The second-order valence-electron chi connectivity index (χ2n) is 6.06. The van der Waals surface area contributed by atoms with Gasteiger partial charge < -0.3 is 4.98 Å². The lowest BCUT2D eigenvalue weighted by molar-refractivity contribution is -0.121. The van der Waals surface area contributed by atoms with Crippen molar-refractivity contribution in [2.75, 3.05) is 10.7 Å². The lowest BCUT2D eigenvalue weighted by Crippen LogP contribution is -2.31. The van der Waals surface area contributed by atoms with Crippen LogP contribution in [0.25, 0.3) is 11.0 Å². The summed E-state index contributed by atoms with van der Waals surface area (Å²) in [5.41, 5.74) is 2.19. The smallest absolute Gasteiger partial charge is 0.247 e. The van der Waals surface area contributed by atoms with E-state index in [9.17, 15) is 14.0 Å². The number of hydrogen-bond acceptors (Lipinski definition) is 4. The van der Waals surface area contributed by atoms with E-state index in [1.165, 1.54) is 30.0 Å². The van der Waals surface area contributed by atoms with E-state index in [1.807, 2.05) is 24.3 Å². The zero-order chi connectivity index (χ0) is 18.1. The Kier molecular flexibility index (Phi) is 4.46. The van der Waals surface area contributed by atoms with Gasteiger partial charge in [0.2, 0.25) is 11.8 Å². The Labute approximate surface area is 153 Å². The number of halogens is 1. The van der Waals surface area contributed by atoms with Crippen LogP contribution in [0.5, 0.6) is 0 Å². The Morgan fingerprint density at radius 3 is 2.85 bits per heavy atom. The molecule has 0 saturated carbocycles. The van der Waals surface area contributed by atoms with Crippen LogP contribution in [0.15, 0.2) is 48.5 Å². The highest BCUT2D eigenvalue weighted by Crippen LogP contribution is 2.30. The molecule has 132 valence electrons. The molecule has 5 nitrogen and oxygen atoms in total. The molecule has 1 saturated heterocycles. The molecule has 2 heterocycles. The van der Waals surface area contributed by atoms with Gasteiger partial charge in [-0.2, -0.15) is 0 Å². The molecule has 2 aromatic carbocycles. The summed E-state index contributed by atoms with van der Waals surface area (Å²) < 4.78 is 13.4. The summed E-state index contributed by atoms with van der Waals surface area (Å²) >= 11 is 1.44. The molecule has 1 fully saturated rings. The number of benzene rings is 2. The lowest BCUT2D eigenvalue weighted by atomic mass is 10.3. The molecule has 2 amide bonds. The van der Waals surface area contributed by atoms with Gasteiger partial charge in [-0.05, 0) is 30.3 Å². The van der Waals surface area contributed by atoms with Gasteiger partial charge in [-0.25, -0.2) is 14.3 Å². The summed E-state index contributed by atoms with van der Waals surface area (Å²) in [6.45, 7) is 0. The highest BCUT2D eigenvalue weighted by atomic mass is 32.2. The van der Waals surface area contributed by atoms with Crippen molar-refractivity contribution in [2.24, 2.45) is 0 Å². The molecule has 0 bridgehead atoms.